The number of amides is 1. The van der Waals surface area contributed by atoms with Crippen LogP contribution in [-0.2, 0) is 4.79 Å². The van der Waals surface area contributed by atoms with E-state index in [2.05, 4.69) is 31.0 Å². The Morgan fingerprint density at radius 3 is 2.71 bits per heavy atom. The Bertz CT molecular complexity index is 284. The van der Waals surface area contributed by atoms with Crippen LogP contribution in [0.3, 0.4) is 0 Å². The summed E-state index contributed by atoms with van der Waals surface area (Å²) in [6, 6.07) is 0.437. The molecule has 0 aromatic rings. The summed E-state index contributed by atoms with van der Waals surface area (Å²) in [5.41, 5.74) is -0.0902. The van der Waals surface area contributed by atoms with Gasteiger partial charge in [-0.05, 0) is 38.6 Å². The molecule has 2 saturated heterocycles. The molecule has 3 unspecified atom stereocenters. The van der Waals surface area contributed by atoms with Crippen molar-refractivity contribution in [2.24, 2.45) is 11.3 Å². The van der Waals surface area contributed by atoms with Crippen LogP contribution in [0.25, 0.3) is 0 Å². The highest BCUT2D eigenvalue weighted by atomic mass is 16.2. The van der Waals surface area contributed by atoms with Crippen LogP contribution in [0.4, 0.5) is 0 Å². The minimum atomic E-state index is -0.0902. The zero-order valence-electron chi connectivity index (χ0n) is 11.5. The Morgan fingerprint density at radius 1 is 1.47 bits per heavy atom. The Morgan fingerprint density at radius 2 is 2.24 bits per heavy atom. The molecule has 0 aromatic carbocycles. The first-order chi connectivity index (χ1) is 8.09. The van der Waals surface area contributed by atoms with Crippen molar-refractivity contribution < 1.29 is 4.79 Å². The van der Waals surface area contributed by atoms with Crippen molar-refractivity contribution in [3.63, 3.8) is 0 Å². The highest BCUT2D eigenvalue weighted by Gasteiger charge is 2.45. The van der Waals surface area contributed by atoms with E-state index in [9.17, 15) is 4.79 Å². The SMILES string of the molecule is CCCC1(C(=O)N2CC(C)CC2C)CCNC1. The lowest BCUT2D eigenvalue weighted by atomic mass is 9.81. The van der Waals surface area contributed by atoms with Gasteiger partial charge in [0.25, 0.3) is 0 Å². The molecule has 0 bridgehead atoms. The molecule has 0 aromatic heterocycles. The Kier molecular flexibility index (Phi) is 3.76. The lowest BCUT2D eigenvalue weighted by molar-refractivity contribution is -0.142. The van der Waals surface area contributed by atoms with Gasteiger partial charge < -0.3 is 10.2 Å². The van der Waals surface area contributed by atoms with Gasteiger partial charge in [0.2, 0.25) is 5.91 Å². The molecule has 2 rings (SSSR count). The molecule has 3 nitrogen and oxygen atoms in total. The lowest BCUT2D eigenvalue weighted by Crippen LogP contribution is -2.46. The van der Waals surface area contributed by atoms with Crippen LogP contribution in [0.15, 0.2) is 0 Å². The molecular formula is C14H26N2O. The molecule has 3 heteroatoms. The summed E-state index contributed by atoms with van der Waals surface area (Å²) in [6.45, 7) is 9.49. The van der Waals surface area contributed by atoms with Crippen molar-refractivity contribution >= 4 is 5.91 Å². The molecule has 2 fully saturated rings. The van der Waals surface area contributed by atoms with Crippen LogP contribution in [0.2, 0.25) is 0 Å². The molecule has 2 heterocycles. The van der Waals surface area contributed by atoms with Gasteiger partial charge >= 0.3 is 0 Å². The van der Waals surface area contributed by atoms with Crippen LogP contribution in [0.1, 0.15) is 46.5 Å². The van der Waals surface area contributed by atoms with Crippen molar-refractivity contribution in [1.82, 2.24) is 10.2 Å². The molecule has 3 atom stereocenters. The number of carbonyl (C=O) groups is 1. The van der Waals surface area contributed by atoms with Crippen LogP contribution < -0.4 is 5.32 Å². The fraction of sp³-hybridized carbons (Fsp3) is 0.929. The van der Waals surface area contributed by atoms with E-state index in [-0.39, 0.29) is 5.41 Å². The number of nitrogens with zero attached hydrogens (tertiary/aromatic N) is 1. The van der Waals surface area contributed by atoms with Crippen LogP contribution in [0, 0.1) is 11.3 Å². The summed E-state index contributed by atoms with van der Waals surface area (Å²) >= 11 is 0. The van der Waals surface area contributed by atoms with E-state index < -0.39 is 0 Å². The molecule has 1 amide bonds. The van der Waals surface area contributed by atoms with Gasteiger partial charge in [0.15, 0.2) is 0 Å². The maximum Gasteiger partial charge on any atom is 0.230 e. The quantitative estimate of drug-likeness (QED) is 0.816. The summed E-state index contributed by atoms with van der Waals surface area (Å²) in [4.78, 5) is 14.9. The molecular weight excluding hydrogens is 212 g/mol. The molecule has 17 heavy (non-hydrogen) atoms. The normalized spacial score (nSPS) is 37.7. The second-order valence-corrected chi connectivity index (χ2v) is 6.10. The minimum absolute atomic E-state index is 0.0902. The monoisotopic (exact) mass is 238 g/mol. The second kappa shape index (κ2) is 4.97. The maximum absolute atomic E-state index is 12.8. The van der Waals surface area contributed by atoms with E-state index in [1.54, 1.807) is 0 Å². The fourth-order valence-electron chi connectivity index (χ4n) is 3.61. The molecule has 0 spiro atoms. The van der Waals surface area contributed by atoms with Crippen LogP contribution in [-0.4, -0.2) is 36.5 Å². The topological polar surface area (TPSA) is 32.3 Å². The third-order valence-electron chi connectivity index (χ3n) is 4.47. The average Bonchev–Trinajstić information content (AvgIpc) is 2.86. The van der Waals surface area contributed by atoms with E-state index in [0.29, 0.717) is 17.9 Å². The number of hydrogen-bond donors (Lipinski definition) is 1. The molecule has 1 N–H and O–H groups in total. The van der Waals surface area contributed by atoms with E-state index in [4.69, 9.17) is 0 Å². The molecule has 2 aliphatic heterocycles. The van der Waals surface area contributed by atoms with E-state index in [1.807, 2.05) is 0 Å². The van der Waals surface area contributed by atoms with Crippen LogP contribution >= 0.6 is 0 Å². The number of rotatable bonds is 3. The molecule has 98 valence electrons. The molecule has 2 aliphatic rings. The summed E-state index contributed by atoms with van der Waals surface area (Å²) in [5, 5.41) is 3.38. The Balaban J connectivity index is 2.11. The van der Waals surface area contributed by atoms with Gasteiger partial charge in [-0.1, -0.05) is 20.3 Å². The predicted octanol–water partition coefficient (Wildman–Crippen LogP) is 2.02. The van der Waals surface area contributed by atoms with E-state index in [1.165, 1.54) is 6.42 Å². The van der Waals surface area contributed by atoms with E-state index >= 15 is 0 Å². The number of nitrogens with one attached hydrogen (secondary N) is 1. The van der Waals surface area contributed by atoms with Gasteiger partial charge in [-0.15, -0.1) is 0 Å². The zero-order valence-corrected chi connectivity index (χ0v) is 11.5. The summed E-state index contributed by atoms with van der Waals surface area (Å²) < 4.78 is 0. The van der Waals surface area contributed by atoms with Crippen molar-refractivity contribution in [1.29, 1.82) is 0 Å². The Labute approximate surface area is 105 Å². The summed E-state index contributed by atoms with van der Waals surface area (Å²) in [6.07, 6.45) is 4.33. The first kappa shape index (κ1) is 12.9. The molecule has 0 saturated carbocycles. The van der Waals surface area contributed by atoms with Crippen molar-refractivity contribution in [2.75, 3.05) is 19.6 Å². The fourth-order valence-corrected chi connectivity index (χ4v) is 3.61. The standard InChI is InChI=1S/C14H26N2O/c1-4-5-14(6-7-15-10-14)13(17)16-9-11(2)8-12(16)3/h11-12,15H,4-10H2,1-3H3. The van der Waals surface area contributed by atoms with Gasteiger partial charge in [0, 0.05) is 19.1 Å². The number of carbonyl (C=O) groups excluding carboxylic acids is 1. The van der Waals surface area contributed by atoms with Crippen LogP contribution in [0.5, 0.6) is 0 Å². The molecule has 0 aliphatic carbocycles. The third-order valence-corrected chi connectivity index (χ3v) is 4.47. The smallest absolute Gasteiger partial charge is 0.230 e. The minimum Gasteiger partial charge on any atom is -0.339 e. The van der Waals surface area contributed by atoms with Crippen molar-refractivity contribution in [2.45, 2.75) is 52.5 Å². The first-order valence-corrected chi connectivity index (χ1v) is 7.11. The van der Waals surface area contributed by atoms with Gasteiger partial charge in [-0.2, -0.15) is 0 Å². The van der Waals surface area contributed by atoms with Crippen molar-refractivity contribution in [3.05, 3.63) is 0 Å². The van der Waals surface area contributed by atoms with E-state index in [0.717, 1.165) is 38.9 Å². The average molecular weight is 238 g/mol. The second-order valence-electron chi connectivity index (χ2n) is 6.10. The highest BCUT2D eigenvalue weighted by Crippen LogP contribution is 2.36. The number of hydrogen-bond acceptors (Lipinski definition) is 2. The predicted molar refractivity (Wildman–Crippen MR) is 69.8 cm³/mol. The summed E-state index contributed by atoms with van der Waals surface area (Å²) in [7, 11) is 0. The van der Waals surface area contributed by atoms with Gasteiger partial charge in [0.1, 0.15) is 0 Å². The third kappa shape index (κ3) is 2.35. The first-order valence-electron chi connectivity index (χ1n) is 7.11. The van der Waals surface area contributed by atoms with Gasteiger partial charge in [-0.25, -0.2) is 0 Å². The highest BCUT2D eigenvalue weighted by molar-refractivity contribution is 5.84. The number of likely N-dealkylation sites (tertiary alicyclic amines) is 1. The van der Waals surface area contributed by atoms with Crippen molar-refractivity contribution in [3.8, 4) is 0 Å². The zero-order chi connectivity index (χ0) is 12.5. The Hall–Kier alpha value is -0.570. The maximum atomic E-state index is 12.8. The van der Waals surface area contributed by atoms with Gasteiger partial charge in [-0.3, -0.25) is 4.79 Å². The lowest BCUT2D eigenvalue weighted by Gasteiger charge is -2.34. The van der Waals surface area contributed by atoms with Gasteiger partial charge in [0.05, 0.1) is 5.41 Å². The molecule has 0 radical (unpaired) electrons. The summed E-state index contributed by atoms with van der Waals surface area (Å²) in [5.74, 6) is 1.09. The largest absolute Gasteiger partial charge is 0.339 e.